The summed E-state index contributed by atoms with van der Waals surface area (Å²) in [5.74, 6) is -2.61. The molecule has 0 radical (unpaired) electrons. The van der Waals surface area contributed by atoms with E-state index in [1.165, 1.54) is 18.2 Å². The number of benzene rings is 2. The smallest absolute Gasteiger partial charge is 0.335 e. The SMILES string of the molecule is O=C(O)c1cccc(CS(=O)c2cc(F)ccc2F)c1. The quantitative estimate of drug-likeness (QED) is 0.943. The van der Waals surface area contributed by atoms with Crippen molar-refractivity contribution < 1.29 is 22.9 Å². The Hall–Kier alpha value is -2.08. The van der Waals surface area contributed by atoms with Gasteiger partial charge in [0.2, 0.25) is 0 Å². The molecule has 0 amide bonds. The van der Waals surface area contributed by atoms with E-state index in [0.717, 1.165) is 18.2 Å². The molecule has 0 aliphatic carbocycles. The van der Waals surface area contributed by atoms with E-state index in [1.807, 2.05) is 0 Å². The van der Waals surface area contributed by atoms with Crippen LogP contribution >= 0.6 is 0 Å². The number of aromatic carboxylic acids is 1. The number of carbonyl (C=O) groups is 1. The Kier molecular flexibility index (Phi) is 4.24. The molecule has 1 N–H and O–H groups in total. The molecule has 0 fully saturated rings. The van der Waals surface area contributed by atoms with E-state index in [0.29, 0.717) is 5.56 Å². The van der Waals surface area contributed by atoms with Crippen molar-refractivity contribution >= 4 is 16.8 Å². The monoisotopic (exact) mass is 296 g/mol. The molecule has 0 bridgehead atoms. The van der Waals surface area contributed by atoms with Crippen molar-refractivity contribution in [2.75, 3.05) is 0 Å². The molecule has 0 saturated carbocycles. The van der Waals surface area contributed by atoms with Gasteiger partial charge in [-0.05, 0) is 35.9 Å². The van der Waals surface area contributed by atoms with Crippen molar-refractivity contribution in [1.82, 2.24) is 0 Å². The number of halogens is 2. The lowest BCUT2D eigenvalue weighted by atomic mass is 10.1. The first-order chi connectivity index (χ1) is 9.47. The minimum absolute atomic E-state index is 0.0548. The summed E-state index contributed by atoms with van der Waals surface area (Å²) in [6.45, 7) is 0. The van der Waals surface area contributed by atoms with E-state index in [-0.39, 0.29) is 16.2 Å². The molecule has 2 aromatic rings. The fourth-order valence-corrected chi connectivity index (χ4v) is 2.84. The van der Waals surface area contributed by atoms with Gasteiger partial charge >= 0.3 is 5.97 Å². The summed E-state index contributed by atoms with van der Waals surface area (Å²) in [6.07, 6.45) is 0. The molecular weight excluding hydrogens is 286 g/mol. The van der Waals surface area contributed by atoms with Crippen LogP contribution in [0, 0.1) is 11.6 Å². The Bertz CT molecular complexity index is 686. The summed E-state index contributed by atoms with van der Waals surface area (Å²) >= 11 is 0. The molecule has 104 valence electrons. The van der Waals surface area contributed by atoms with Gasteiger partial charge in [-0.15, -0.1) is 0 Å². The van der Waals surface area contributed by atoms with Crippen LogP contribution in [0.3, 0.4) is 0 Å². The second-order valence-corrected chi connectivity index (χ2v) is 5.49. The Morgan fingerprint density at radius 2 is 1.90 bits per heavy atom. The maximum atomic E-state index is 13.5. The first-order valence-corrected chi connectivity index (χ1v) is 6.95. The van der Waals surface area contributed by atoms with Gasteiger partial charge in [0.25, 0.3) is 0 Å². The van der Waals surface area contributed by atoms with E-state index < -0.39 is 28.4 Å². The van der Waals surface area contributed by atoms with Crippen LogP contribution in [0.1, 0.15) is 15.9 Å². The van der Waals surface area contributed by atoms with Gasteiger partial charge in [-0.1, -0.05) is 12.1 Å². The highest BCUT2D eigenvalue weighted by Gasteiger charge is 2.13. The molecular formula is C14H10F2O3S. The zero-order valence-electron chi connectivity index (χ0n) is 10.2. The Morgan fingerprint density at radius 1 is 1.15 bits per heavy atom. The van der Waals surface area contributed by atoms with Gasteiger partial charge in [-0.3, -0.25) is 4.21 Å². The zero-order chi connectivity index (χ0) is 14.7. The summed E-state index contributed by atoms with van der Waals surface area (Å²) in [6, 6.07) is 8.60. The third kappa shape index (κ3) is 3.27. The van der Waals surface area contributed by atoms with E-state index >= 15 is 0 Å². The Balaban J connectivity index is 2.25. The van der Waals surface area contributed by atoms with Gasteiger partial charge in [0, 0.05) is 0 Å². The fourth-order valence-electron chi connectivity index (χ4n) is 1.67. The highest BCUT2D eigenvalue weighted by Crippen LogP contribution is 2.18. The van der Waals surface area contributed by atoms with Crippen LogP contribution in [-0.2, 0) is 16.6 Å². The molecule has 1 atom stereocenters. The number of rotatable bonds is 4. The number of hydrogen-bond donors (Lipinski definition) is 1. The van der Waals surface area contributed by atoms with Crippen LogP contribution in [-0.4, -0.2) is 15.3 Å². The van der Waals surface area contributed by atoms with Crippen LogP contribution in [0.4, 0.5) is 8.78 Å². The van der Waals surface area contributed by atoms with E-state index in [2.05, 4.69) is 0 Å². The Labute approximate surface area is 116 Å². The van der Waals surface area contributed by atoms with Crippen LogP contribution in [0.2, 0.25) is 0 Å². The van der Waals surface area contributed by atoms with Crippen molar-refractivity contribution in [1.29, 1.82) is 0 Å². The average molecular weight is 296 g/mol. The lowest BCUT2D eigenvalue weighted by Crippen LogP contribution is -2.02. The number of carboxylic acid groups (broad SMARTS) is 1. The largest absolute Gasteiger partial charge is 0.478 e. The summed E-state index contributed by atoms with van der Waals surface area (Å²) in [5.41, 5.74) is 0.533. The first kappa shape index (κ1) is 14.3. The number of hydrogen-bond acceptors (Lipinski definition) is 2. The maximum absolute atomic E-state index is 13.5. The van der Waals surface area contributed by atoms with Crippen LogP contribution in [0.15, 0.2) is 47.4 Å². The van der Waals surface area contributed by atoms with Crippen LogP contribution in [0.5, 0.6) is 0 Å². The fraction of sp³-hybridized carbons (Fsp3) is 0.0714. The second-order valence-electron chi connectivity index (χ2n) is 4.07. The molecule has 0 heterocycles. The van der Waals surface area contributed by atoms with Crippen molar-refractivity contribution in [3.05, 3.63) is 65.2 Å². The highest BCUT2D eigenvalue weighted by atomic mass is 32.2. The van der Waals surface area contributed by atoms with Crippen molar-refractivity contribution in [3.63, 3.8) is 0 Å². The van der Waals surface area contributed by atoms with E-state index in [9.17, 15) is 17.8 Å². The molecule has 0 aliphatic rings. The minimum Gasteiger partial charge on any atom is -0.478 e. The lowest BCUT2D eigenvalue weighted by Gasteiger charge is -2.05. The lowest BCUT2D eigenvalue weighted by molar-refractivity contribution is 0.0696. The third-order valence-electron chi connectivity index (χ3n) is 2.61. The molecule has 3 nitrogen and oxygen atoms in total. The summed E-state index contributed by atoms with van der Waals surface area (Å²) < 4.78 is 38.5. The molecule has 1 unspecified atom stereocenters. The second kappa shape index (κ2) is 5.92. The topological polar surface area (TPSA) is 54.4 Å². The molecule has 0 saturated heterocycles. The summed E-state index contributed by atoms with van der Waals surface area (Å²) in [4.78, 5) is 10.6. The van der Waals surface area contributed by atoms with Crippen molar-refractivity contribution in [2.24, 2.45) is 0 Å². The van der Waals surface area contributed by atoms with Gasteiger partial charge in [0.05, 0.1) is 27.0 Å². The predicted octanol–water partition coefficient (Wildman–Crippen LogP) is 2.97. The summed E-state index contributed by atoms with van der Waals surface area (Å²) in [5, 5.41) is 8.86. The molecule has 0 spiro atoms. The minimum atomic E-state index is -1.79. The van der Waals surface area contributed by atoms with Gasteiger partial charge in [0.1, 0.15) is 11.6 Å². The van der Waals surface area contributed by atoms with Crippen molar-refractivity contribution in [3.8, 4) is 0 Å². The van der Waals surface area contributed by atoms with Gasteiger partial charge in [-0.2, -0.15) is 0 Å². The maximum Gasteiger partial charge on any atom is 0.335 e. The predicted molar refractivity (Wildman–Crippen MR) is 69.9 cm³/mol. The first-order valence-electron chi connectivity index (χ1n) is 5.63. The molecule has 20 heavy (non-hydrogen) atoms. The molecule has 0 aliphatic heterocycles. The molecule has 6 heteroatoms. The van der Waals surface area contributed by atoms with E-state index in [1.54, 1.807) is 6.07 Å². The zero-order valence-corrected chi connectivity index (χ0v) is 11.0. The number of carboxylic acids is 1. The van der Waals surface area contributed by atoms with Gasteiger partial charge in [0.15, 0.2) is 0 Å². The standard InChI is InChI=1S/C14H10F2O3S/c15-11-4-5-12(16)13(7-11)20(19)8-9-2-1-3-10(6-9)14(17)18/h1-7H,8H2,(H,17,18). The van der Waals surface area contributed by atoms with E-state index in [4.69, 9.17) is 5.11 Å². The van der Waals surface area contributed by atoms with Crippen LogP contribution < -0.4 is 0 Å². The molecule has 0 aromatic heterocycles. The average Bonchev–Trinajstić information content (AvgIpc) is 2.41. The summed E-state index contributed by atoms with van der Waals surface area (Å²) in [7, 11) is -1.79. The molecule has 2 rings (SSSR count). The molecule has 2 aromatic carbocycles. The normalized spacial score (nSPS) is 12.1. The van der Waals surface area contributed by atoms with Gasteiger partial charge in [-0.25, -0.2) is 13.6 Å². The van der Waals surface area contributed by atoms with Crippen molar-refractivity contribution in [2.45, 2.75) is 10.6 Å². The van der Waals surface area contributed by atoms with Crippen LogP contribution in [0.25, 0.3) is 0 Å². The highest BCUT2D eigenvalue weighted by molar-refractivity contribution is 7.84. The third-order valence-corrected chi connectivity index (χ3v) is 4.01. The van der Waals surface area contributed by atoms with Gasteiger partial charge < -0.3 is 5.11 Å². The Morgan fingerprint density at radius 3 is 2.60 bits per heavy atom.